The third kappa shape index (κ3) is 2.03. The molecule has 2 heteroatoms. The average Bonchev–Trinajstić information content (AvgIpc) is 2.29. The minimum atomic E-state index is 0.0563. The SMILES string of the molecule is CCCC(=O)c1cccc2c1C(N)CCC2. The number of nitrogens with two attached hydrogens (primary N) is 1. The predicted octanol–water partition coefficient (Wildman–Crippen LogP) is 3.01. The lowest BCUT2D eigenvalue weighted by atomic mass is 9.83. The van der Waals surface area contributed by atoms with Gasteiger partial charge in [-0.3, -0.25) is 4.79 Å². The number of aryl methyl sites for hydroxylation is 1. The molecule has 0 aromatic heterocycles. The largest absolute Gasteiger partial charge is 0.324 e. The fraction of sp³-hybridized carbons (Fsp3) is 0.500. The summed E-state index contributed by atoms with van der Waals surface area (Å²) in [5.74, 6) is 0.247. The molecule has 0 bridgehead atoms. The highest BCUT2D eigenvalue weighted by molar-refractivity contribution is 5.98. The number of rotatable bonds is 3. The zero-order valence-corrected chi connectivity index (χ0v) is 9.83. The van der Waals surface area contributed by atoms with Crippen LogP contribution in [0.3, 0.4) is 0 Å². The number of Topliss-reactive ketones (excluding diaryl/α,β-unsaturated/α-hetero) is 1. The predicted molar refractivity (Wildman–Crippen MR) is 65.5 cm³/mol. The van der Waals surface area contributed by atoms with E-state index in [0.29, 0.717) is 6.42 Å². The van der Waals surface area contributed by atoms with Crippen LogP contribution in [0.5, 0.6) is 0 Å². The molecule has 0 saturated heterocycles. The van der Waals surface area contributed by atoms with Crippen molar-refractivity contribution in [3.63, 3.8) is 0 Å². The van der Waals surface area contributed by atoms with Crippen molar-refractivity contribution in [2.24, 2.45) is 5.73 Å². The highest BCUT2D eigenvalue weighted by Crippen LogP contribution is 2.31. The van der Waals surface area contributed by atoms with Gasteiger partial charge in [-0.2, -0.15) is 0 Å². The van der Waals surface area contributed by atoms with Crippen molar-refractivity contribution in [1.82, 2.24) is 0 Å². The summed E-state index contributed by atoms with van der Waals surface area (Å²) in [6.45, 7) is 2.03. The van der Waals surface area contributed by atoms with Crippen LogP contribution in [0.4, 0.5) is 0 Å². The number of carbonyl (C=O) groups excluding carboxylic acids is 1. The maximum absolute atomic E-state index is 12.0. The van der Waals surface area contributed by atoms with E-state index < -0.39 is 0 Å². The Balaban J connectivity index is 2.42. The lowest BCUT2D eigenvalue weighted by Crippen LogP contribution is -2.21. The Hall–Kier alpha value is -1.15. The van der Waals surface area contributed by atoms with E-state index in [4.69, 9.17) is 5.73 Å². The topological polar surface area (TPSA) is 43.1 Å². The molecule has 1 aliphatic rings. The summed E-state index contributed by atoms with van der Waals surface area (Å²) in [6.07, 6.45) is 4.74. The molecule has 1 atom stereocenters. The quantitative estimate of drug-likeness (QED) is 0.791. The first-order valence-electron chi connectivity index (χ1n) is 6.14. The molecule has 1 unspecified atom stereocenters. The fourth-order valence-corrected chi connectivity index (χ4v) is 2.53. The van der Waals surface area contributed by atoms with Crippen LogP contribution in [0.1, 0.15) is 60.1 Å². The smallest absolute Gasteiger partial charge is 0.163 e. The summed E-state index contributed by atoms with van der Waals surface area (Å²) in [6, 6.07) is 6.08. The Morgan fingerprint density at radius 2 is 2.31 bits per heavy atom. The van der Waals surface area contributed by atoms with Gasteiger partial charge in [0.1, 0.15) is 0 Å². The van der Waals surface area contributed by atoms with E-state index in [-0.39, 0.29) is 11.8 Å². The minimum Gasteiger partial charge on any atom is -0.324 e. The zero-order valence-electron chi connectivity index (χ0n) is 9.83. The molecule has 86 valence electrons. The number of ketones is 1. The van der Waals surface area contributed by atoms with Gasteiger partial charge in [0.15, 0.2) is 5.78 Å². The van der Waals surface area contributed by atoms with Crippen LogP contribution in [-0.2, 0) is 6.42 Å². The molecule has 0 heterocycles. The van der Waals surface area contributed by atoms with Crippen molar-refractivity contribution in [2.75, 3.05) is 0 Å². The van der Waals surface area contributed by atoms with Crippen molar-refractivity contribution in [3.05, 3.63) is 34.9 Å². The second-order valence-corrected chi connectivity index (χ2v) is 4.55. The van der Waals surface area contributed by atoms with Crippen LogP contribution in [0.15, 0.2) is 18.2 Å². The van der Waals surface area contributed by atoms with Gasteiger partial charge >= 0.3 is 0 Å². The van der Waals surface area contributed by atoms with E-state index in [1.807, 2.05) is 19.1 Å². The lowest BCUT2D eigenvalue weighted by molar-refractivity contribution is 0.0980. The molecule has 0 amide bonds. The van der Waals surface area contributed by atoms with E-state index in [0.717, 1.165) is 36.8 Å². The Kier molecular flexibility index (Phi) is 3.39. The molecule has 16 heavy (non-hydrogen) atoms. The normalized spacial score (nSPS) is 19.2. The number of hydrogen-bond acceptors (Lipinski definition) is 2. The monoisotopic (exact) mass is 217 g/mol. The number of hydrogen-bond donors (Lipinski definition) is 1. The molecule has 0 spiro atoms. The van der Waals surface area contributed by atoms with Crippen molar-refractivity contribution in [3.8, 4) is 0 Å². The van der Waals surface area contributed by atoms with Crippen LogP contribution >= 0.6 is 0 Å². The van der Waals surface area contributed by atoms with Gasteiger partial charge in [-0.1, -0.05) is 25.1 Å². The van der Waals surface area contributed by atoms with Crippen molar-refractivity contribution < 1.29 is 4.79 Å². The van der Waals surface area contributed by atoms with Crippen molar-refractivity contribution >= 4 is 5.78 Å². The first-order valence-corrected chi connectivity index (χ1v) is 6.14. The number of benzene rings is 1. The molecular formula is C14H19NO. The Morgan fingerprint density at radius 3 is 3.06 bits per heavy atom. The third-order valence-electron chi connectivity index (χ3n) is 3.31. The first kappa shape index (κ1) is 11.3. The summed E-state index contributed by atoms with van der Waals surface area (Å²) < 4.78 is 0. The van der Waals surface area contributed by atoms with Crippen LogP contribution in [-0.4, -0.2) is 5.78 Å². The van der Waals surface area contributed by atoms with Crippen molar-refractivity contribution in [2.45, 2.75) is 45.1 Å². The second kappa shape index (κ2) is 4.79. The molecule has 0 saturated carbocycles. The fourth-order valence-electron chi connectivity index (χ4n) is 2.53. The molecule has 2 N–H and O–H groups in total. The van der Waals surface area contributed by atoms with Gasteiger partial charge in [-0.25, -0.2) is 0 Å². The van der Waals surface area contributed by atoms with Gasteiger partial charge in [0.05, 0.1) is 0 Å². The average molecular weight is 217 g/mol. The van der Waals surface area contributed by atoms with Crippen LogP contribution in [0.25, 0.3) is 0 Å². The number of fused-ring (bicyclic) bond motifs is 1. The van der Waals surface area contributed by atoms with E-state index in [2.05, 4.69) is 6.07 Å². The lowest BCUT2D eigenvalue weighted by Gasteiger charge is -2.24. The summed E-state index contributed by atoms with van der Waals surface area (Å²) in [5.41, 5.74) is 9.39. The minimum absolute atomic E-state index is 0.0563. The highest BCUT2D eigenvalue weighted by atomic mass is 16.1. The molecule has 1 aromatic rings. The molecule has 2 rings (SSSR count). The standard InChI is InChI=1S/C14H19NO/c1-2-5-13(16)11-8-3-6-10-7-4-9-12(15)14(10)11/h3,6,8,12H,2,4-5,7,9,15H2,1H3. The summed E-state index contributed by atoms with van der Waals surface area (Å²) in [5, 5.41) is 0. The first-order chi connectivity index (χ1) is 7.74. The van der Waals surface area contributed by atoms with Gasteiger partial charge in [0.2, 0.25) is 0 Å². The van der Waals surface area contributed by atoms with E-state index >= 15 is 0 Å². The van der Waals surface area contributed by atoms with Gasteiger partial charge < -0.3 is 5.73 Å². The van der Waals surface area contributed by atoms with Crippen LogP contribution in [0.2, 0.25) is 0 Å². The Labute approximate surface area is 96.8 Å². The van der Waals surface area contributed by atoms with E-state index in [1.165, 1.54) is 5.56 Å². The molecule has 0 fully saturated rings. The van der Waals surface area contributed by atoms with E-state index in [1.54, 1.807) is 0 Å². The van der Waals surface area contributed by atoms with Crippen LogP contribution in [0, 0.1) is 0 Å². The van der Waals surface area contributed by atoms with E-state index in [9.17, 15) is 4.79 Å². The zero-order chi connectivity index (χ0) is 11.5. The highest BCUT2D eigenvalue weighted by Gasteiger charge is 2.22. The third-order valence-corrected chi connectivity index (χ3v) is 3.31. The van der Waals surface area contributed by atoms with Gasteiger partial charge in [0, 0.05) is 18.0 Å². The molecule has 1 aliphatic carbocycles. The van der Waals surface area contributed by atoms with Crippen molar-refractivity contribution in [1.29, 1.82) is 0 Å². The molecule has 0 aliphatic heterocycles. The maximum Gasteiger partial charge on any atom is 0.163 e. The summed E-state index contributed by atoms with van der Waals surface area (Å²) in [7, 11) is 0. The maximum atomic E-state index is 12.0. The molecular weight excluding hydrogens is 198 g/mol. The van der Waals surface area contributed by atoms with Crippen LogP contribution < -0.4 is 5.73 Å². The Bertz CT molecular complexity index is 398. The summed E-state index contributed by atoms with van der Waals surface area (Å²) in [4.78, 5) is 12.0. The second-order valence-electron chi connectivity index (χ2n) is 4.55. The van der Waals surface area contributed by atoms with Gasteiger partial charge in [-0.05, 0) is 36.8 Å². The van der Waals surface area contributed by atoms with Gasteiger partial charge in [0.25, 0.3) is 0 Å². The number of carbonyl (C=O) groups is 1. The summed E-state index contributed by atoms with van der Waals surface area (Å²) >= 11 is 0. The molecule has 0 radical (unpaired) electrons. The molecule has 1 aromatic carbocycles. The Morgan fingerprint density at radius 1 is 1.50 bits per heavy atom. The van der Waals surface area contributed by atoms with Gasteiger partial charge in [-0.15, -0.1) is 0 Å². The molecule has 2 nitrogen and oxygen atoms in total.